The first-order chi connectivity index (χ1) is 6.68. The Balaban J connectivity index is 2.04. The predicted molar refractivity (Wildman–Crippen MR) is 57.7 cm³/mol. The van der Waals surface area contributed by atoms with E-state index in [1.54, 1.807) is 18.3 Å². The lowest BCUT2D eigenvalue weighted by atomic mass is 10.4. The fourth-order valence-electron chi connectivity index (χ4n) is 0.937. The van der Waals surface area contributed by atoms with Crippen molar-refractivity contribution in [3.8, 4) is 0 Å². The lowest BCUT2D eigenvalue weighted by Crippen LogP contribution is -2.28. The number of nitrogens with one attached hydrogen (secondary N) is 2. The van der Waals surface area contributed by atoms with Gasteiger partial charge < -0.3 is 15.7 Å². The molecule has 3 N–H and O–H groups in total. The van der Waals surface area contributed by atoms with Crippen LogP contribution in [0.15, 0.2) is 0 Å². The van der Waals surface area contributed by atoms with Gasteiger partial charge in [0.2, 0.25) is 5.13 Å². The second-order valence-electron chi connectivity index (χ2n) is 3.11. The molecule has 0 aromatic carbocycles. The Morgan fingerprint density at radius 3 is 2.79 bits per heavy atom. The van der Waals surface area contributed by atoms with E-state index in [9.17, 15) is 0 Å². The summed E-state index contributed by atoms with van der Waals surface area (Å²) in [6, 6.07) is 0. The van der Waals surface area contributed by atoms with Gasteiger partial charge in [0, 0.05) is 19.6 Å². The van der Waals surface area contributed by atoms with Crippen molar-refractivity contribution in [3.63, 3.8) is 0 Å². The van der Waals surface area contributed by atoms with Gasteiger partial charge in [0.15, 0.2) is 0 Å². The topological polar surface area (TPSA) is 70.1 Å². The van der Waals surface area contributed by atoms with Gasteiger partial charge >= 0.3 is 0 Å². The molecule has 1 atom stereocenters. The molecule has 5 nitrogen and oxygen atoms in total. The summed E-state index contributed by atoms with van der Waals surface area (Å²) in [5.41, 5.74) is 0. The fraction of sp³-hybridized carbons (Fsp3) is 0.750. The number of nitrogens with zero attached hydrogens (tertiary/aromatic N) is 2. The highest BCUT2D eigenvalue weighted by Crippen LogP contribution is 2.12. The molecule has 0 aliphatic rings. The molecule has 0 fully saturated rings. The van der Waals surface area contributed by atoms with E-state index in [0.717, 1.165) is 23.2 Å². The monoisotopic (exact) mass is 216 g/mol. The van der Waals surface area contributed by atoms with E-state index in [1.807, 2.05) is 6.92 Å². The molecule has 1 unspecified atom stereocenters. The van der Waals surface area contributed by atoms with Crippen LogP contribution in [0, 0.1) is 6.92 Å². The number of aryl methyl sites for hydroxylation is 1. The van der Waals surface area contributed by atoms with E-state index in [1.165, 1.54) is 0 Å². The molecule has 0 saturated carbocycles. The highest BCUT2D eigenvalue weighted by molar-refractivity contribution is 7.15. The van der Waals surface area contributed by atoms with Gasteiger partial charge in [-0.2, -0.15) is 0 Å². The van der Waals surface area contributed by atoms with Crippen LogP contribution in [0.25, 0.3) is 0 Å². The molecule has 1 aromatic rings. The Morgan fingerprint density at radius 2 is 2.21 bits per heavy atom. The SMILES string of the molecule is Cc1nnc(NCCNCC(C)O)s1. The Labute approximate surface area is 87.6 Å². The number of hydrogen-bond acceptors (Lipinski definition) is 6. The van der Waals surface area contributed by atoms with Gasteiger partial charge in [0.1, 0.15) is 5.01 Å². The number of aliphatic hydroxyl groups excluding tert-OH is 1. The molecule has 1 heterocycles. The largest absolute Gasteiger partial charge is 0.392 e. The van der Waals surface area contributed by atoms with E-state index < -0.39 is 0 Å². The van der Waals surface area contributed by atoms with Gasteiger partial charge in [-0.1, -0.05) is 11.3 Å². The zero-order chi connectivity index (χ0) is 10.4. The van der Waals surface area contributed by atoms with Crippen molar-refractivity contribution in [2.45, 2.75) is 20.0 Å². The molecule has 1 rings (SSSR count). The minimum Gasteiger partial charge on any atom is -0.392 e. The minimum absolute atomic E-state index is 0.293. The van der Waals surface area contributed by atoms with E-state index >= 15 is 0 Å². The first-order valence-electron chi connectivity index (χ1n) is 4.61. The first kappa shape index (κ1) is 11.4. The smallest absolute Gasteiger partial charge is 0.205 e. The van der Waals surface area contributed by atoms with Gasteiger partial charge in [-0.15, -0.1) is 10.2 Å². The van der Waals surface area contributed by atoms with Crippen molar-refractivity contribution in [2.75, 3.05) is 25.0 Å². The average molecular weight is 216 g/mol. The maximum atomic E-state index is 8.97. The average Bonchev–Trinajstić information content (AvgIpc) is 2.50. The van der Waals surface area contributed by atoms with Crippen molar-refractivity contribution in [1.29, 1.82) is 0 Å². The Kier molecular flexibility index (Phi) is 4.78. The second kappa shape index (κ2) is 5.90. The van der Waals surface area contributed by atoms with Gasteiger partial charge in [0.05, 0.1) is 6.10 Å². The summed E-state index contributed by atoms with van der Waals surface area (Å²) in [4.78, 5) is 0. The van der Waals surface area contributed by atoms with Crippen LogP contribution in [-0.4, -0.2) is 41.0 Å². The molecule has 0 bridgehead atoms. The minimum atomic E-state index is -0.293. The Morgan fingerprint density at radius 1 is 1.43 bits per heavy atom. The molecule has 0 amide bonds. The van der Waals surface area contributed by atoms with Crippen molar-refractivity contribution in [3.05, 3.63) is 5.01 Å². The maximum Gasteiger partial charge on any atom is 0.205 e. The summed E-state index contributed by atoms with van der Waals surface area (Å²) >= 11 is 1.54. The summed E-state index contributed by atoms with van der Waals surface area (Å²) in [6.45, 7) is 5.91. The molecule has 80 valence electrons. The number of aromatic nitrogens is 2. The van der Waals surface area contributed by atoms with Gasteiger partial charge in [-0.3, -0.25) is 0 Å². The van der Waals surface area contributed by atoms with E-state index in [4.69, 9.17) is 5.11 Å². The zero-order valence-electron chi connectivity index (χ0n) is 8.45. The molecule has 0 aliphatic heterocycles. The fourth-order valence-corrected chi connectivity index (χ4v) is 1.55. The van der Waals surface area contributed by atoms with Crippen LogP contribution in [0.1, 0.15) is 11.9 Å². The third kappa shape index (κ3) is 4.50. The summed E-state index contributed by atoms with van der Waals surface area (Å²) < 4.78 is 0. The molecule has 1 aromatic heterocycles. The highest BCUT2D eigenvalue weighted by atomic mass is 32.1. The predicted octanol–water partition coefficient (Wildman–Crippen LogP) is 0.229. The number of hydrogen-bond donors (Lipinski definition) is 3. The molecule has 14 heavy (non-hydrogen) atoms. The van der Waals surface area contributed by atoms with Crippen molar-refractivity contribution >= 4 is 16.5 Å². The maximum absolute atomic E-state index is 8.97. The molecule has 6 heteroatoms. The summed E-state index contributed by atoms with van der Waals surface area (Å²) in [6.07, 6.45) is -0.293. The van der Waals surface area contributed by atoms with Crippen LogP contribution < -0.4 is 10.6 Å². The number of aliphatic hydroxyl groups is 1. The van der Waals surface area contributed by atoms with Crippen molar-refractivity contribution < 1.29 is 5.11 Å². The Hall–Kier alpha value is -0.720. The van der Waals surface area contributed by atoms with Gasteiger partial charge in [0.25, 0.3) is 0 Å². The summed E-state index contributed by atoms with van der Waals surface area (Å²) in [5.74, 6) is 0. The van der Waals surface area contributed by atoms with E-state index in [-0.39, 0.29) is 6.10 Å². The van der Waals surface area contributed by atoms with Crippen molar-refractivity contribution in [1.82, 2.24) is 15.5 Å². The lowest BCUT2D eigenvalue weighted by molar-refractivity contribution is 0.192. The molecular weight excluding hydrogens is 200 g/mol. The first-order valence-corrected chi connectivity index (χ1v) is 5.43. The molecule has 0 saturated heterocycles. The van der Waals surface area contributed by atoms with E-state index in [0.29, 0.717) is 6.54 Å². The van der Waals surface area contributed by atoms with Crippen LogP contribution in [0.2, 0.25) is 0 Å². The Bertz CT molecular complexity index is 264. The quantitative estimate of drug-likeness (QED) is 0.594. The number of anilines is 1. The van der Waals surface area contributed by atoms with Crippen LogP contribution >= 0.6 is 11.3 Å². The number of rotatable bonds is 6. The lowest BCUT2D eigenvalue weighted by Gasteiger charge is -2.06. The van der Waals surface area contributed by atoms with E-state index in [2.05, 4.69) is 20.8 Å². The molecular formula is C8H16N4OS. The second-order valence-corrected chi connectivity index (χ2v) is 4.29. The third-order valence-electron chi connectivity index (χ3n) is 1.54. The van der Waals surface area contributed by atoms with Crippen LogP contribution in [0.4, 0.5) is 5.13 Å². The summed E-state index contributed by atoms with van der Waals surface area (Å²) in [5, 5.41) is 24.8. The highest BCUT2D eigenvalue weighted by Gasteiger charge is 1.98. The molecule has 0 radical (unpaired) electrons. The standard InChI is InChI=1S/C8H16N4OS/c1-6(13)5-9-3-4-10-8-12-11-7(2)14-8/h6,9,13H,3-5H2,1-2H3,(H,10,12). The zero-order valence-corrected chi connectivity index (χ0v) is 9.27. The van der Waals surface area contributed by atoms with Crippen molar-refractivity contribution in [2.24, 2.45) is 0 Å². The van der Waals surface area contributed by atoms with Crippen LogP contribution in [-0.2, 0) is 0 Å². The molecule has 0 aliphatic carbocycles. The van der Waals surface area contributed by atoms with Crippen LogP contribution in [0.3, 0.4) is 0 Å². The van der Waals surface area contributed by atoms with Gasteiger partial charge in [-0.05, 0) is 13.8 Å². The molecule has 0 spiro atoms. The van der Waals surface area contributed by atoms with Crippen LogP contribution in [0.5, 0.6) is 0 Å². The third-order valence-corrected chi connectivity index (χ3v) is 2.34. The summed E-state index contributed by atoms with van der Waals surface area (Å²) in [7, 11) is 0. The van der Waals surface area contributed by atoms with Gasteiger partial charge in [-0.25, -0.2) is 0 Å². The normalized spacial score (nSPS) is 12.8.